The fraction of sp³-hybridized carbons (Fsp3) is 0.625. The fourth-order valence-electron chi connectivity index (χ4n) is 0.795. The second-order valence-corrected chi connectivity index (χ2v) is 2.63. The Kier molecular flexibility index (Phi) is 6.61. The molecule has 0 heterocycles. The minimum Gasteiger partial charge on any atom is -0.303 e. The predicted octanol–water partition coefficient (Wildman–Crippen LogP) is 2.40. The zero-order chi connectivity index (χ0) is 7.82. The van der Waals surface area contributed by atoms with Gasteiger partial charge in [0.1, 0.15) is 6.29 Å². The summed E-state index contributed by atoms with van der Waals surface area (Å²) in [4.78, 5) is 10.3. The molecule has 0 aromatic rings. The molecule has 0 amide bonds. The SMILES string of the molecule is C=CCC(C=O)CCCCl. The first-order valence-electron chi connectivity index (χ1n) is 3.47. The van der Waals surface area contributed by atoms with Crippen LogP contribution in [0.15, 0.2) is 12.7 Å². The first-order chi connectivity index (χ1) is 4.85. The molecule has 0 saturated carbocycles. The van der Waals surface area contributed by atoms with Gasteiger partial charge in [-0.3, -0.25) is 0 Å². The number of alkyl halides is 1. The second kappa shape index (κ2) is 6.81. The van der Waals surface area contributed by atoms with Crippen LogP contribution in [0, 0.1) is 5.92 Å². The van der Waals surface area contributed by atoms with Gasteiger partial charge in [-0.25, -0.2) is 0 Å². The summed E-state index contributed by atoms with van der Waals surface area (Å²) in [6, 6.07) is 0. The highest BCUT2D eigenvalue weighted by Gasteiger charge is 2.02. The van der Waals surface area contributed by atoms with E-state index in [0.29, 0.717) is 5.88 Å². The van der Waals surface area contributed by atoms with E-state index >= 15 is 0 Å². The average molecular weight is 161 g/mol. The molecule has 1 atom stereocenters. The van der Waals surface area contributed by atoms with Crippen LogP contribution < -0.4 is 0 Å². The van der Waals surface area contributed by atoms with Crippen molar-refractivity contribution in [3.05, 3.63) is 12.7 Å². The molecule has 0 spiro atoms. The molecule has 0 N–H and O–H groups in total. The highest BCUT2D eigenvalue weighted by atomic mass is 35.5. The van der Waals surface area contributed by atoms with E-state index < -0.39 is 0 Å². The van der Waals surface area contributed by atoms with Crippen LogP contribution in [0.4, 0.5) is 0 Å². The van der Waals surface area contributed by atoms with E-state index in [9.17, 15) is 4.79 Å². The standard InChI is InChI=1S/C8H13ClO/c1-2-4-8(7-10)5-3-6-9/h2,7-8H,1,3-6H2. The van der Waals surface area contributed by atoms with Gasteiger partial charge in [0.2, 0.25) is 0 Å². The molecule has 0 aliphatic rings. The first kappa shape index (κ1) is 9.70. The smallest absolute Gasteiger partial charge is 0.123 e. The van der Waals surface area contributed by atoms with Gasteiger partial charge in [-0.05, 0) is 19.3 Å². The number of hydrogen-bond acceptors (Lipinski definition) is 1. The average Bonchev–Trinajstić information content (AvgIpc) is 1.98. The number of rotatable bonds is 6. The summed E-state index contributed by atoms with van der Waals surface area (Å²) in [5.74, 6) is 0.776. The Bertz CT molecular complexity index is 101. The van der Waals surface area contributed by atoms with Gasteiger partial charge < -0.3 is 4.79 Å². The van der Waals surface area contributed by atoms with E-state index in [4.69, 9.17) is 11.6 Å². The van der Waals surface area contributed by atoms with Crippen LogP contribution in [0.25, 0.3) is 0 Å². The fourth-order valence-corrected chi connectivity index (χ4v) is 0.949. The van der Waals surface area contributed by atoms with Crippen LogP contribution in [0.1, 0.15) is 19.3 Å². The Morgan fingerprint density at radius 1 is 1.60 bits per heavy atom. The summed E-state index contributed by atoms with van der Waals surface area (Å²) < 4.78 is 0. The molecule has 0 radical (unpaired) electrons. The minimum atomic E-state index is 0.135. The molecule has 1 nitrogen and oxygen atoms in total. The van der Waals surface area contributed by atoms with Crippen molar-refractivity contribution in [3.8, 4) is 0 Å². The normalized spacial score (nSPS) is 12.5. The molecule has 0 aromatic heterocycles. The van der Waals surface area contributed by atoms with Crippen molar-refractivity contribution in [2.24, 2.45) is 5.92 Å². The van der Waals surface area contributed by atoms with Crippen molar-refractivity contribution in [3.63, 3.8) is 0 Å². The second-order valence-electron chi connectivity index (χ2n) is 2.25. The van der Waals surface area contributed by atoms with Gasteiger partial charge >= 0.3 is 0 Å². The molecule has 10 heavy (non-hydrogen) atoms. The van der Waals surface area contributed by atoms with Gasteiger partial charge in [-0.15, -0.1) is 18.2 Å². The van der Waals surface area contributed by atoms with Crippen LogP contribution in [0.5, 0.6) is 0 Å². The molecular weight excluding hydrogens is 148 g/mol. The van der Waals surface area contributed by atoms with Crippen LogP contribution in [0.3, 0.4) is 0 Å². The summed E-state index contributed by atoms with van der Waals surface area (Å²) >= 11 is 5.46. The van der Waals surface area contributed by atoms with Gasteiger partial charge in [-0.1, -0.05) is 6.08 Å². The van der Waals surface area contributed by atoms with Gasteiger partial charge in [0.05, 0.1) is 0 Å². The van der Waals surface area contributed by atoms with Gasteiger partial charge in [0.25, 0.3) is 0 Å². The third kappa shape index (κ3) is 4.57. The van der Waals surface area contributed by atoms with Crippen LogP contribution >= 0.6 is 11.6 Å². The molecule has 2 heteroatoms. The number of allylic oxidation sites excluding steroid dienone is 1. The molecule has 0 aromatic carbocycles. The van der Waals surface area contributed by atoms with E-state index in [0.717, 1.165) is 25.5 Å². The Balaban J connectivity index is 3.38. The summed E-state index contributed by atoms with van der Waals surface area (Å²) in [6.45, 7) is 3.56. The maximum Gasteiger partial charge on any atom is 0.123 e. The van der Waals surface area contributed by atoms with Crippen molar-refractivity contribution in [2.75, 3.05) is 5.88 Å². The lowest BCUT2D eigenvalue weighted by Gasteiger charge is -2.03. The van der Waals surface area contributed by atoms with E-state index in [1.54, 1.807) is 6.08 Å². The molecule has 58 valence electrons. The zero-order valence-corrected chi connectivity index (χ0v) is 6.81. The Hall–Kier alpha value is -0.300. The lowest BCUT2D eigenvalue weighted by atomic mass is 10.0. The maximum absolute atomic E-state index is 10.3. The largest absolute Gasteiger partial charge is 0.303 e. The number of carbonyl (C=O) groups is 1. The summed E-state index contributed by atoms with van der Waals surface area (Å²) in [7, 11) is 0. The van der Waals surface area contributed by atoms with Crippen molar-refractivity contribution < 1.29 is 4.79 Å². The maximum atomic E-state index is 10.3. The summed E-state index contributed by atoms with van der Waals surface area (Å²) in [5, 5.41) is 0. The third-order valence-corrected chi connectivity index (χ3v) is 1.64. The molecule has 0 aliphatic heterocycles. The molecule has 0 rings (SSSR count). The lowest BCUT2D eigenvalue weighted by molar-refractivity contribution is -0.111. The van der Waals surface area contributed by atoms with Crippen molar-refractivity contribution in [1.82, 2.24) is 0 Å². The van der Waals surface area contributed by atoms with Crippen molar-refractivity contribution in [1.29, 1.82) is 0 Å². The Morgan fingerprint density at radius 2 is 2.30 bits per heavy atom. The first-order valence-corrected chi connectivity index (χ1v) is 4.00. The van der Waals surface area contributed by atoms with Crippen LogP contribution in [-0.4, -0.2) is 12.2 Å². The Morgan fingerprint density at radius 3 is 2.70 bits per heavy atom. The highest BCUT2D eigenvalue weighted by Crippen LogP contribution is 2.08. The van der Waals surface area contributed by atoms with E-state index in [1.165, 1.54) is 0 Å². The number of halogens is 1. The zero-order valence-electron chi connectivity index (χ0n) is 6.05. The molecule has 1 unspecified atom stereocenters. The van der Waals surface area contributed by atoms with E-state index in [2.05, 4.69) is 6.58 Å². The van der Waals surface area contributed by atoms with Gasteiger partial charge in [-0.2, -0.15) is 0 Å². The number of hydrogen-bond donors (Lipinski definition) is 0. The molecule has 0 bridgehead atoms. The monoisotopic (exact) mass is 160 g/mol. The molecule has 0 fully saturated rings. The van der Waals surface area contributed by atoms with Crippen molar-refractivity contribution >= 4 is 17.9 Å². The summed E-state index contributed by atoms with van der Waals surface area (Å²) in [5.41, 5.74) is 0. The molecular formula is C8H13ClO. The van der Waals surface area contributed by atoms with Gasteiger partial charge in [0.15, 0.2) is 0 Å². The topological polar surface area (TPSA) is 17.1 Å². The Labute approximate surface area is 67.1 Å². The van der Waals surface area contributed by atoms with Crippen molar-refractivity contribution in [2.45, 2.75) is 19.3 Å². The van der Waals surface area contributed by atoms with Crippen LogP contribution in [0.2, 0.25) is 0 Å². The minimum absolute atomic E-state index is 0.135. The third-order valence-electron chi connectivity index (χ3n) is 1.37. The quantitative estimate of drug-likeness (QED) is 0.331. The number of carbonyl (C=O) groups excluding carboxylic acids is 1. The van der Waals surface area contributed by atoms with E-state index in [-0.39, 0.29) is 5.92 Å². The lowest BCUT2D eigenvalue weighted by Crippen LogP contribution is -2.00. The molecule has 0 aliphatic carbocycles. The van der Waals surface area contributed by atoms with E-state index in [1.807, 2.05) is 0 Å². The predicted molar refractivity (Wildman–Crippen MR) is 44.3 cm³/mol. The highest BCUT2D eigenvalue weighted by molar-refractivity contribution is 6.17. The molecule has 0 saturated heterocycles. The number of aldehydes is 1. The van der Waals surface area contributed by atoms with Crippen LogP contribution in [-0.2, 0) is 4.79 Å². The van der Waals surface area contributed by atoms with Gasteiger partial charge in [0, 0.05) is 11.8 Å². The summed E-state index contributed by atoms with van der Waals surface area (Å²) in [6.07, 6.45) is 5.33.